The number of rotatable bonds is 4. The average molecular weight is 328 g/mol. The summed E-state index contributed by atoms with van der Waals surface area (Å²) in [6, 6.07) is 10.8. The summed E-state index contributed by atoms with van der Waals surface area (Å²) < 4.78 is 0. The Balaban J connectivity index is 1.52. The van der Waals surface area contributed by atoms with Gasteiger partial charge in [0, 0.05) is 38.1 Å². The molecule has 1 aliphatic rings. The third-order valence-electron chi connectivity index (χ3n) is 4.48. The van der Waals surface area contributed by atoms with E-state index in [0.717, 1.165) is 38.3 Å². The molecule has 1 aromatic heterocycles. The fourth-order valence-corrected chi connectivity index (χ4v) is 3.57. The SMILES string of the molecule is CC(C)c1ccc(CN2CCN(C(=O)c3ccsc3)CC2)cc1. The molecule has 0 spiro atoms. The standard InChI is InChI=1S/C19H24N2OS/c1-15(2)17-5-3-16(4-6-17)13-20-8-10-21(11-9-20)19(22)18-7-12-23-14-18/h3-7,12,14-15H,8-11,13H2,1-2H3. The summed E-state index contributed by atoms with van der Waals surface area (Å²) in [4.78, 5) is 16.7. The number of piperazine rings is 1. The van der Waals surface area contributed by atoms with Gasteiger partial charge >= 0.3 is 0 Å². The summed E-state index contributed by atoms with van der Waals surface area (Å²) in [6.45, 7) is 8.94. The fraction of sp³-hybridized carbons (Fsp3) is 0.421. The number of hydrogen-bond acceptors (Lipinski definition) is 3. The number of carbonyl (C=O) groups excluding carboxylic acids is 1. The van der Waals surface area contributed by atoms with Crippen molar-refractivity contribution in [2.75, 3.05) is 26.2 Å². The molecule has 122 valence electrons. The zero-order chi connectivity index (χ0) is 16.2. The second-order valence-electron chi connectivity index (χ2n) is 6.48. The van der Waals surface area contributed by atoms with E-state index in [0.29, 0.717) is 5.92 Å². The van der Waals surface area contributed by atoms with Gasteiger partial charge < -0.3 is 4.90 Å². The van der Waals surface area contributed by atoms with Gasteiger partial charge in [0.15, 0.2) is 0 Å². The minimum absolute atomic E-state index is 0.173. The van der Waals surface area contributed by atoms with E-state index in [1.165, 1.54) is 11.1 Å². The average Bonchev–Trinajstić information content (AvgIpc) is 3.10. The Morgan fingerprint density at radius 3 is 2.35 bits per heavy atom. The van der Waals surface area contributed by atoms with Crippen molar-refractivity contribution in [1.29, 1.82) is 0 Å². The van der Waals surface area contributed by atoms with E-state index in [-0.39, 0.29) is 5.91 Å². The van der Waals surface area contributed by atoms with Crippen LogP contribution in [0.5, 0.6) is 0 Å². The molecule has 0 bridgehead atoms. The van der Waals surface area contributed by atoms with Crippen LogP contribution in [0.15, 0.2) is 41.1 Å². The number of carbonyl (C=O) groups is 1. The number of hydrogen-bond donors (Lipinski definition) is 0. The Bertz CT molecular complexity index is 626. The van der Waals surface area contributed by atoms with Gasteiger partial charge in [-0.3, -0.25) is 9.69 Å². The van der Waals surface area contributed by atoms with E-state index in [9.17, 15) is 4.79 Å². The Labute approximate surface area is 142 Å². The summed E-state index contributed by atoms with van der Waals surface area (Å²) in [5, 5.41) is 3.90. The van der Waals surface area contributed by atoms with Crippen molar-refractivity contribution in [2.45, 2.75) is 26.3 Å². The molecular formula is C19H24N2OS. The summed E-state index contributed by atoms with van der Waals surface area (Å²) in [7, 11) is 0. The molecule has 4 heteroatoms. The topological polar surface area (TPSA) is 23.6 Å². The van der Waals surface area contributed by atoms with E-state index in [4.69, 9.17) is 0 Å². The lowest BCUT2D eigenvalue weighted by Crippen LogP contribution is -2.48. The van der Waals surface area contributed by atoms with Crippen LogP contribution < -0.4 is 0 Å². The second-order valence-corrected chi connectivity index (χ2v) is 7.26. The molecule has 0 radical (unpaired) electrons. The smallest absolute Gasteiger partial charge is 0.254 e. The lowest BCUT2D eigenvalue weighted by Gasteiger charge is -2.34. The van der Waals surface area contributed by atoms with Gasteiger partial charge in [-0.1, -0.05) is 38.1 Å². The van der Waals surface area contributed by atoms with Gasteiger partial charge in [-0.2, -0.15) is 11.3 Å². The van der Waals surface area contributed by atoms with Crippen LogP contribution in [0.25, 0.3) is 0 Å². The van der Waals surface area contributed by atoms with Crippen molar-refractivity contribution in [1.82, 2.24) is 9.80 Å². The van der Waals surface area contributed by atoms with Crippen LogP contribution in [0.2, 0.25) is 0 Å². The zero-order valence-electron chi connectivity index (χ0n) is 13.9. The van der Waals surface area contributed by atoms with Crippen molar-refractivity contribution in [2.24, 2.45) is 0 Å². The lowest BCUT2D eigenvalue weighted by atomic mass is 10.0. The normalized spacial score (nSPS) is 16.0. The maximum atomic E-state index is 12.3. The van der Waals surface area contributed by atoms with E-state index < -0.39 is 0 Å². The number of thiophene rings is 1. The van der Waals surface area contributed by atoms with Gasteiger partial charge in [-0.05, 0) is 28.5 Å². The molecule has 2 heterocycles. The first kappa shape index (κ1) is 16.2. The van der Waals surface area contributed by atoms with Crippen LogP contribution in [0.3, 0.4) is 0 Å². The van der Waals surface area contributed by atoms with Crippen LogP contribution in [-0.2, 0) is 6.54 Å². The lowest BCUT2D eigenvalue weighted by molar-refractivity contribution is 0.0629. The number of benzene rings is 1. The molecule has 1 fully saturated rings. The molecule has 3 rings (SSSR count). The van der Waals surface area contributed by atoms with Gasteiger partial charge in [-0.15, -0.1) is 0 Å². The Morgan fingerprint density at radius 1 is 1.09 bits per heavy atom. The highest BCUT2D eigenvalue weighted by molar-refractivity contribution is 7.08. The third kappa shape index (κ3) is 4.01. The van der Waals surface area contributed by atoms with Crippen molar-refractivity contribution >= 4 is 17.2 Å². The summed E-state index contributed by atoms with van der Waals surface area (Å²) in [6.07, 6.45) is 0. The Kier molecular flexibility index (Phi) is 5.13. The predicted molar refractivity (Wildman–Crippen MR) is 96.0 cm³/mol. The molecule has 23 heavy (non-hydrogen) atoms. The summed E-state index contributed by atoms with van der Waals surface area (Å²) in [5.74, 6) is 0.753. The summed E-state index contributed by atoms with van der Waals surface area (Å²) >= 11 is 1.58. The highest BCUT2D eigenvalue weighted by Gasteiger charge is 2.22. The van der Waals surface area contributed by atoms with Gasteiger partial charge in [0.25, 0.3) is 5.91 Å². The van der Waals surface area contributed by atoms with Gasteiger partial charge in [0.2, 0.25) is 0 Å². The van der Waals surface area contributed by atoms with Crippen molar-refractivity contribution in [3.63, 3.8) is 0 Å². The molecule has 2 aromatic rings. The second kappa shape index (κ2) is 7.28. The largest absolute Gasteiger partial charge is 0.336 e. The van der Waals surface area contributed by atoms with Crippen molar-refractivity contribution in [3.05, 3.63) is 57.8 Å². The highest BCUT2D eigenvalue weighted by Crippen LogP contribution is 2.17. The number of nitrogens with zero attached hydrogens (tertiary/aromatic N) is 2. The van der Waals surface area contributed by atoms with E-state index in [1.807, 2.05) is 21.7 Å². The zero-order valence-corrected chi connectivity index (χ0v) is 14.7. The van der Waals surface area contributed by atoms with Crippen molar-refractivity contribution in [3.8, 4) is 0 Å². The molecular weight excluding hydrogens is 304 g/mol. The molecule has 0 atom stereocenters. The van der Waals surface area contributed by atoms with Crippen LogP contribution in [0.1, 0.15) is 41.3 Å². The Morgan fingerprint density at radius 2 is 1.78 bits per heavy atom. The minimum Gasteiger partial charge on any atom is -0.336 e. The van der Waals surface area contributed by atoms with Crippen LogP contribution in [0, 0.1) is 0 Å². The minimum atomic E-state index is 0.173. The van der Waals surface area contributed by atoms with Crippen molar-refractivity contribution < 1.29 is 4.79 Å². The molecule has 1 aromatic carbocycles. The van der Waals surface area contributed by atoms with E-state index in [2.05, 4.69) is 43.0 Å². The molecule has 3 nitrogen and oxygen atoms in total. The molecule has 1 amide bonds. The van der Waals surface area contributed by atoms with E-state index in [1.54, 1.807) is 11.3 Å². The molecule has 1 aliphatic heterocycles. The maximum absolute atomic E-state index is 12.3. The monoisotopic (exact) mass is 328 g/mol. The highest BCUT2D eigenvalue weighted by atomic mass is 32.1. The van der Waals surface area contributed by atoms with Gasteiger partial charge in [0.1, 0.15) is 0 Å². The van der Waals surface area contributed by atoms with Gasteiger partial charge in [0.05, 0.1) is 5.56 Å². The molecule has 0 aliphatic carbocycles. The first-order valence-corrected chi connectivity index (χ1v) is 9.20. The quantitative estimate of drug-likeness (QED) is 0.851. The molecule has 1 saturated heterocycles. The van der Waals surface area contributed by atoms with E-state index >= 15 is 0 Å². The molecule has 0 N–H and O–H groups in total. The van der Waals surface area contributed by atoms with Crippen LogP contribution in [0.4, 0.5) is 0 Å². The molecule has 0 unspecified atom stereocenters. The summed E-state index contributed by atoms with van der Waals surface area (Å²) in [5.41, 5.74) is 3.57. The Hall–Kier alpha value is -1.65. The van der Waals surface area contributed by atoms with Crippen LogP contribution in [-0.4, -0.2) is 41.9 Å². The van der Waals surface area contributed by atoms with Gasteiger partial charge in [-0.25, -0.2) is 0 Å². The third-order valence-corrected chi connectivity index (χ3v) is 5.16. The maximum Gasteiger partial charge on any atom is 0.254 e. The first-order valence-electron chi connectivity index (χ1n) is 8.26. The molecule has 0 saturated carbocycles. The first-order chi connectivity index (χ1) is 11.1. The fourth-order valence-electron chi connectivity index (χ4n) is 2.94. The number of amides is 1. The predicted octanol–water partition coefficient (Wildman–Crippen LogP) is 3.83. The van der Waals surface area contributed by atoms with Crippen LogP contribution >= 0.6 is 11.3 Å².